The first-order valence-electron chi connectivity index (χ1n) is 7.59. The maximum Gasteiger partial charge on any atom is 0.129 e. The van der Waals surface area contributed by atoms with Crippen molar-refractivity contribution in [1.82, 2.24) is 10.3 Å². The maximum atomic E-state index is 5.48. The topological polar surface area (TPSA) is 37.4 Å². The third-order valence-corrected chi connectivity index (χ3v) is 3.71. The quantitative estimate of drug-likeness (QED) is 0.896. The Morgan fingerprint density at radius 2 is 2.25 bits per heavy atom. The van der Waals surface area contributed by atoms with Gasteiger partial charge in [0.05, 0.1) is 19.3 Å². The molecule has 2 heterocycles. The molecule has 2 rings (SSSR count). The minimum absolute atomic E-state index is 0.403. The first kappa shape index (κ1) is 15.3. The molecule has 1 aromatic heterocycles. The molecular weight excluding hydrogens is 250 g/mol. The van der Waals surface area contributed by atoms with E-state index in [1.807, 2.05) is 0 Å². The van der Waals surface area contributed by atoms with Crippen molar-refractivity contribution in [2.45, 2.75) is 40.3 Å². The zero-order valence-corrected chi connectivity index (χ0v) is 13.1. The van der Waals surface area contributed by atoms with Gasteiger partial charge in [-0.3, -0.25) is 0 Å². The van der Waals surface area contributed by atoms with Crippen LogP contribution in [-0.2, 0) is 11.3 Å². The van der Waals surface area contributed by atoms with Crippen LogP contribution in [0.3, 0.4) is 0 Å². The number of anilines is 1. The van der Waals surface area contributed by atoms with Crippen molar-refractivity contribution < 1.29 is 4.74 Å². The molecule has 1 aliphatic rings. The van der Waals surface area contributed by atoms with E-state index in [0.717, 1.165) is 44.4 Å². The van der Waals surface area contributed by atoms with Gasteiger partial charge in [0.15, 0.2) is 0 Å². The van der Waals surface area contributed by atoms with Crippen LogP contribution in [-0.4, -0.2) is 37.3 Å². The predicted octanol–water partition coefficient (Wildman–Crippen LogP) is 2.36. The van der Waals surface area contributed by atoms with E-state index in [1.165, 1.54) is 5.56 Å². The number of hydrogen-bond donors (Lipinski definition) is 1. The van der Waals surface area contributed by atoms with E-state index in [9.17, 15) is 0 Å². The van der Waals surface area contributed by atoms with Gasteiger partial charge >= 0.3 is 0 Å². The lowest BCUT2D eigenvalue weighted by molar-refractivity contribution is 0.0985. The van der Waals surface area contributed by atoms with Crippen LogP contribution < -0.4 is 10.2 Å². The van der Waals surface area contributed by atoms with Gasteiger partial charge in [-0.25, -0.2) is 4.98 Å². The van der Waals surface area contributed by atoms with E-state index in [1.54, 1.807) is 0 Å². The molecule has 1 fully saturated rings. The van der Waals surface area contributed by atoms with Crippen molar-refractivity contribution in [2.24, 2.45) is 5.92 Å². The smallest absolute Gasteiger partial charge is 0.129 e. The van der Waals surface area contributed by atoms with Crippen molar-refractivity contribution in [1.29, 1.82) is 0 Å². The summed E-state index contributed by atoms with van der Waals surface area (Å²) in [6.07, 6.45) is 0. The van der Waals surface area contributed by atoms with E-state index in [4.69, 9.17) is 9.72 Å². The maximum absolute atomic E-state index is 5.48. The summed E-state index contributed by atoms with van der Waals surface area (Å²) in [5.74, 6) is 1.75. The molecule has 1 unspecified atom stereocenters. The second-order valence-corrected chi connectivity index (χ2v) is 6.06. The molecule has 1 aliphatic heterocycles. The largest absolute Gasteiger partial charge is 0.377 e. The molecule has 0 aromatic carbocycles. The molecule has 4 nitrogen and oxygen atoms in total. The molecule has 0 spiro atoms. The van der Waals surface area contributed by atoms with E-state index in [0.29, 0.717) is 12.0 Å². The highest BCUT2D eigenvalue weighted by molar-refractivity contribution is 5.43. The molecule has 0 amide bonds. The molecule has 4 heteroatoms. The van der Waals surface area contributed by atoms with E-state index in [2.05, 4.69) is 50.0 Å². The number of nitrogens with zero attached hydrogens (tertiary/aromatic N) is 2. The van der Waals surface area contributed by atoms with Gasteiger partial charge in [0.2, 0.25) is 0 Å². The minimum atomic E-state index is 0.403. The average molecular weight is 277 g/mol. The lowest BCUT2D eigenvalue weighted by Gasteiger charge is -2.34. The number of hydrogen-bond acceptors (Lipinski definition) is 4. The lowest BCUT2D eigenvalue weighted by Crippen LogP contribution is -2.44. The van der Waals surface area contributed by atoms with Gasteiger partial charge in [0.1, 0.15) is 5.82 Å². The molecule has 112 valence electrons. The summed E-state index contributed by atoms with van der Waals surface area (Å²) in [6.45, 7) is 13.2. The molecule has 0 saturated carbocycles. The first-order chi connectivity index (χ1) is 9.58. The summed E-state index contributed by atoms with van der Waals surface area (Å²) in [5.41, 5.74) is 2.41. The number of ether oxygens (including phenoxy) is 1. The highest BCUT2D eigenvalue weighted by Crippen LogP contribution is 2.19. The average Bonchev–Trinajstić information content (AvgIpc) is 2.41. The van der Waals surface area contributed by atoms with Crippen molar-refractivity contribution >= 4 is 5.82 Å². The molecule has 1 saturated heterocycles. The van der Waals surface area contributed by atoms with Crippen molar-refractivity contribution in [2.75, 3.05) is 31.2 Å². The third kappa shape index (κ3) is 3.93. The molecular formula is C16H27N3O. The van der Waals surface area contributed by atoms with Gasteiger partial charge in [-0.15, -0.1) is 0 Å². The Labute approximate surface area is 122 Å². The second kappa shape index (κ2) is 7.04. The number of aryl methyl sites for hydroxylation is 1. The molecule has 1 atom stereocenters. The van der Waals surface area contributed by atoms with Crippen LogP contribution in [0, 0.1) is 12.8 Å². The monoisotopic (exact) mass is 277 g/mol. The lowest BCUT2D eigenvalue weighted by atomic mass is 10.1. The van der Waals surface area contributed by atoms with Crippen LogP contribution in [0.15, 0.2) is 12.1 Å². The molecule has 1 N–H and O–H groups in total. The van der Waals surface area contributed by atoms with Crippen LogP contribution >= 0.6 is 0 Å². The molecule has 1 aromatic rings. The fourth-order valence-electron chi connectivity index (χ4n) is 2.49. The second-order valence-electron chi connectivity index (χ2n) is 6.06. The zero-order valence-electron chi connectivity index (χ0n) is 13.1. The normalized spacial score (nSPS) is 19.6. The molecule has 0 radical (unpaired) electrons. The van der Waals surface area contributed by atoms with Crippen molar-refractivity contribution in [3.63, 3.8) is 0 Å². The molecule has 0 aliphatic carbocycles. The Morgan fingerprint density at radius 3 is 2.90 bits per heavy atom. The summed E-state index contributed by atoms with van der Waals surface area (Å²) < 4.78 is 5.48. The predicted molar refractivity (Wildman–Crippen MR) is 83.1 cm³/mol. The number of morpholine rings is 1. The Morgan fingerprint density at radius 1 is 1.45 bits per heavy atom. The van der Waals surface area contributed by atoms with Crippen molar-refractivity contribution in [3.05, 3.63) is 23.4 Å². The Balaban J connectivity index is 2.01. The van der Waals surface area contributed by atoms with Crippen LogP contribution in [0.2, 0.25) is 0 Å². The summed E-state index contributed by atoms with van der Waals surface area (Å²) in [6, 6.07) is 4.74. The molecule has 20 heavy (non-hydrogen) atoms. The van der Waals surface area contributed by atoms with E-state index < -0.39 is 0 Å². The number of pyridine rings is 1. The van der Waals surface area contributed by atoms with E-state index >= 15 is 0 Å². The zero-order chi connectivity index (χ0) is 14.5. The third-order valence-electron chi connectivity index (χ3n) is 3.71. The summed E-state index contributed by atoms with van der Waals surface area (Å²) >= 11 is 0. The summed E-state index contributed by atoms with van der Waals surface area (Å²) in [5, 5.41) is 3.48. The van der Waals surface area contributed by atoms with Gasteiger partial charge < -0.3 is 15.0 Å². The Kier molecular flexibility index (Phi) is 5.38. The van der Waals surface area contributed by atoms with Crippen LogP contribution in [0.1, 0.15) is 32.0 Å². The van der Waals surface area contributed by atoms with Crippen molar-refractivity contribution in [3.8, 4) is 0 Å². The number of rotatable bonds is 5. The SMILES string of the molecule is Cc1nc(N2CCOCC2C)ccc1CNCC(C)C. The standard InChI is InChI=1S/C16H27N3O/c1-12(2)9-17-10-15-5-6-16(18-14(15)4)19-7-8-20-11-13(19)3/h5-6,12-13,17H,7-11H2,1-4H3. The Bertz CT molecular complexity index is 434. The van der Waals surface area contributed by atoms with Gasteiger partial charge in [0.25, 0.3) is 0 Å². The highest BCUT2D eigenvalue weighted by atomic mass is 16.5. The van der Waals surface area contributed by atoms with Gasteiger partial charge in [0, 0.05) is 18.8 Å². The fraction of sp³-hybridized carbons (Fsp3) is 0.688. The number of nitrogens with one attached hydrogen (secondary N) is 1. The molecule has 0 bridgehead atoms. The number of aromatic nitrogens is 1. The fourth-order valence-corrected chi connectivity index (χ4v) is 2.49. The van der Waals surface area contributed by atoms with E-state index in [-0.39, 0.29) is 0 Å². The van der Waals surface area contributed by atoms with Gasteiger partial charge in [-0.05, 0) is 37.9 Å². The summed E-state index contributed by atoms with van der Waals surface area (Å²) in [4.78, 5) is 7.11. The van der Waals surface area contributed by atoms with Gasteiger partial charge in [-0.1, -0.05) is 19.9 Å². The van der Waals surface area contributed by atoms with Crippen LogP contribution in [0.4, 0.5) is 5.82 Å². The summed E-state index contributed by atoms with van der Waals surface area (Å²) in [7, 11) is 0. The van der Waals surface area contributed by atoms with Crippen LogP contribution in [0.25, 0.3) is 0 Å². The Hall–Kier alpha value is -1.13. The van der Waals surface area contributed by atoms with Crippen LogP contribution in [0.5, 0.6) is 0 Å². The van der Waals surface area contributed by atoms with Gasteiger partial charge in [-0.2, -0.15) is 0 Å². The highest BCUT2D eigenvalue weighted by Gasteiger charge is 2.20. The minimum Gasteiger partial charge on any atom is -0.377 e. The first-order valence-corrected chi connectivity index (χ1v) is 7.59.